The van der Waals surface area contributed by atoms with Gasteiger partial charge in [-0.15, -0.1) is 0 Å². The topological polar surface area (TPSA) is 29.5 Å². The first-order chi connectivity index (χ1) is 8.26. The summed E-state index contributed by atoms with van der Waals surface area (Å²) in [5.74, 6) is 0.546. The van der Waals surface area contributed by atoms with E-state index in [1.807, 2.05) is 12.1 Å². The van der Waals surface area contributed by atoms with Crippen LogP contribution in [0.5, 0.6) is 0 Å². The first kappa shape index (κ1) is 12.6. The van der Waals surface area contributed by atoms with Crippen LogP contribution in [-0.4, -0.2) is 18.3 Å². The van der Waals surface area contributed by atoms with Gasteiger partial charge in [-0.05, 0) is 36.3 Å². The minimum Gasteiger partial charge on any atom is -0.386 e. The molecule has 0 aliphatic heterocycles. The predicted octanol–water partition coefficient (Wildman–Crippen LogP) is 3.10. The largest absolute Gasteiger partial charge is 0.386 e. The molecule has 2 heteroatoms. The lowest BCUT2D eigenvalue weighted by Gasteiger charge is -2.22. The van der Waals surface area contributed by atoms with E-state index < -0.39 is 6.10 Å². The molecule has 2 unspecified atom stereocenters. The van der Waals surface area contributed by atoms with Crippen molar-refractivity contribution in [2.45, 2.75) is 44.8 Å². The maximum atomic E-state index is 10.4. The van der Waals surface area contributed by atoms with Gasteiger partial charge in [0.05, 0.1) is 6.10 Å². The number of benzene rings is 1. The molecule has 17 heavy (non-hydrogen) atoms. The van der Waals surface area contributed by atoms with Crippen molar-refractivity contribution in [1.29, 1.82) is 0 Å². The van der Waals surface area contributed by atoms with Crippen LogP contribution in [0.2, 0.25) is 0 Å². The predicted molar refractivity (Wildman–Crippen MR) is 68.9 cm³/mol. The van der Waals surface area contributed by atoms with Crippen LogP contribution in [0.25, 0.3) is 0 Å². The number of ether oxygens (including phenoxy) is 1. The van der Waals surface area contributed by atoms with Gasteiger partial charge in [0.25, 0.3) is 0 Å². The second-order valence-electron chi connectivity index (χ2n) is 4.98. The van der Waals surface area contributed by atoms with E-state index >= 15 is 0 Å². The molecule has 2 nitrogen and oxygen atoms in total. The van der Waals surface area contributed by atoms with Gasteiger partial charge >= 0.3 is 0 Å². The summed E-state index contributed by atoms with van der Waals surface area (Å²) in [7, 11) is 1.70. The standard InChI is InChI=1S/C15H22O2/c1-3-5-11-6-4-7-13(10-11)14(16)15(17-2)12-8-9-12/h4,6-7,10,12,14-16H,3,5,8-9H2,1-2H3. The van der Waals surface area contributed by atoms with E-state index in [1.54, 1.807) is 7.11 Å². The van der Waals surface area contributed by atoms with E-state index in [4.69, 9.17) is 4.74 Å². The Balaban J connectivity index is 2.11. The molecule has 1 saturated carbocycles. The maximum Gasteiger partial charge on any atom is 0.105 e. The Kier molecular flexibility index (Phi) is 4.19. The zero-order valence-electron chi connectivity index (χ0n) is 10.7. The molecular weight excluding hydrogens is 212 g/mol. The molecule has 94 valence electrons. The molecule has 0 spiro atoms. The Labute approximate surface area is 104 Å². The highest BCUT2D eigenvalue weighted by Crippen LogP contribution is 2.39. The molecule has 0 saturated heterocycles. The number of aryl methyl sites for hydroxylation is 1. The van der Waals surface area contributed by atoms with Crippen LogP contribution in [-0.2, 0) is 11.2 Å². The quantitative estimate of drug-likeness (QED) is 0.819. The van der Waals surface area contributed by atoms with Crippen molar-refractivity contribution in [3.8, 4) is 0 Å². The summed E-state index contributed by atoms with van der Waals surface area (Å²) in [6, 6.07) is 8.27. The Morgan fingerprint density at radius 1 is 1.41 bits per heavy atom. The summed E-state index contributed by atoms with van der Waals surface area (Å²) >= 11 is 0. The lowest BCUT2D eigenvalue weighted by Crippen LogP contribution is -2.23. The molecule has 1 N–H and O–H groups in total. The van der Waals surface area contributed by atoms with Crippen molar-refractivity contribution in [3.05, 3.63) is 35.4 Å². The fraction of sp³-hybridized carbons (Fsp3) is 0.600. The third-order valence-corrected chi connectivity index (χ3v) is 3.50. The summed E-state index contributed by atoms with van der Waals surface area (Å²) < 4.78 is 5.44. The van der Waals surface area contributed by atoms with Crippen molar-refractivity contribution >= 4 is 0 Å². The second kappa shape index (κ2) is 5.65. The monoisotopic (exact) mass is 234 g/mol. The van der Waals surface area contributed by atoms with Gasteiger partial charge in [-0.25, -0.2) is 0 Å². The summed E-state index contributed by atoms with van der Waals surface area (Å²) in [4.78, 5) is 0. The zero-order chi connectivity index (χ0) is 12.3. The third kappa shape index (κ3) is 3.08. The Hall–Kier alpha value is -0.860. The molecule has 2 atom stereocenters. The van der Waals surface area contributed by atoms with Crippen LogP contribution >= 0.6 is 0 Å². The van der Waals surface area contributed by atoms with Gasteiger partial charge in [0, 0.05) is 7.11 Å². The highest BCUT2D eigenvalue weighted by atomic mass is 16.5. The van der Waals surface area contributed by atoms with Gasteiger partial charge in [-0.2, -0.15) is 0 Å². The van der Waals surface area contributed by atoms with Crippen molar-refractivity contribution in [1.82, 2.24) is 0 Å². The molecule has 1 aromatic rings. The highest BCUT2D eigenvalue weighted by Gasteiger charge is 2.36. The van der Waals surface area contributed by atoms with Gasteiger partial charge in [0.15, 0.2) is 0 Å². The molecule has 2 rings (SSSR count). The van der Waals surface area contributed by atoms with E-state index in [2.05, 4.69) is 19.1 Å². The number of methoxy groups -OCH3 is 1. The van der Waals surface area contributed by atoms with E-state index in [0.717, 1.165) is 18.4 Å². The van der Waals surface area contributed by atoms with Gasteiger partial charge in [-0.3, -0.25) is 0 Å². The highest BCUT2D eigenvalue weighted by molar-refractivity contribution is 5.26. The number of aliphatic hydroxyl groups excluding tert-OH is 1. The van der Waals surface area contributed by atoms with Crippen LogP contribution in [0.1, 0.15) is 43.4 Å². The average Bonchev–Trinajstić information content (AvgIpc) is 3.15. The van der Waals surface area contributed by atoms with Gasteiger partial charge in [0.2, 0.25) is 0 Å². The fourth-order valence-corrected chi connectivity index (χ4v) is 2.41. The van der Waals surface area contributed by atoms with Crippen LogP contribution in [0.3, 0.4) is 0 Å². The van der Waals surface area contributed by atoms with Crippen LogP contribution in [0, 0.1) is 5.92 Å². The fourth-order valence-electron chi connectivity index (χ4n) is 2.41. The van der Waals surface area contributed by atoms with Crippen molar-refractivity contribution < 1.29 is 9.84 Å². The van der Waals surface area contributed by atoms with E-state index in [-0.39, 0.29) is 6.10 Å². The molecular formula is C15H22O2. The van der Waals surface area contributed by atoms with Crippen molar-refractivity contribution in [2.24, 2.45) is 5.92 Å². The van der Waals surface area contributed by atoms with Gasteiger partial charge < -0.3 is 9.84 Å². The van der Waals surface area contributed by atoms with Crippen molar-refractivity contribution in [3.63, 3.8) is 0 Å². The lowest BCUT2D eigenvalue weighted by molar-refractivity contribution is -0.0259. The lowest BCUT2D eigenvalue weighted by atomic mass is 9.98. The summed E-state index contributed by atoms with van der Waals surface area (Å²) in [5, 5.41) is 10.4. The van der Waals surface area contributed by atoms with Gasteiger partial charge in [0.1, 0.15) is 6.10 Å². The molecule has 0 aromatic heterocycles. The molecule has 0 radical (unpaired) electrons. The normalized spacial score (nSPS) is 19.0. The molecule has 0 amide bonds. The summed E-state index contributed by atoms with van der Waals surface area (Å²) in [6.45, 7) is 2.17. The smallest absolute Gasteiger partial charge is 0.105 e. The van der Waals surface area contributed by atoms with E-state index in [0.29, 0.717) is 5.92 Å². The van der Waals surface area contributed by atoms with E-state index in [9.17, 15) is 5.11 Å². The molecule has 1 aliphatic carbocycles. The SMILES string of the molecule is CCCc1cccc(C(O)C(OC)C2CC2)c1. The minimum atomic E-state index is -0.482. The molecule has 0 bridgehead atoms. The van der Waals surface area contributed by atoms with Crippen molar-refractivity contribution in [2.75, 3.05) is 7.11 Å². The van der Waals surface area contributed by atoms with Crippen LogP contribution in [0.4, 0.5) is 0 Å². The zero-order valence-corrected chi connectivity index (χ0v) is 10.7. The third-order valence-electron chi connectivity index (χ3n) is 3.50. The molecule has 0 heterocycles. The molecule has 1 fully saturated rings. The molecule has 1 aromatic carbocycles. The summed E-state index contributed by atoms with van der Waals surface area (Å²) in [5.41, 5.74) is 2.30. The van der Waals surface area contributed by atoms with Crippen LogP contribution < -0.4 is 0 Å². The van der Waals surface area contributed by atoms with Gasteiger partial charge in [-0.1, -0.05) is 37.6 Å². The van der Waals surface area contributed by atoms with Crippen LogP contribution in [0.15, 0.2) is 24.3 Å². The Morgan fingerprint density at radius 2 is 2.18 bits per heavy atom. The minimum absolute atomic E-state index is 0.0353. The van der Waals surface area contributed by atoms with E-state index in [1.165, 1.54) is 18.4 Å². The molecule has 1 aliphatic rings. The number of hydrogen-bond donors (Lipinski definition) is 1. The maximum absolute atomic E-state index is 10.4. The number of rotatable bonds is 6. The summed E-state index contributed by atoms with van der Waals surface area (Å²) in [6.07, 6.45) is 4.06. The second-order valence-corrected chi connectivity index (χ2v) is 4.98. The Bertz CT molecular complexity index is 358. The number of hydrogen-bond acceptors (Lipinski definition) is 2. The number of aliphatic hydroxyl groups is 1. The first-order valence-electron chi connectivity index (χ1n) is 6.56. The average molecular weight is 234 g/mol. The first-order valence-corrected chi connectivity index (χ1v) is 6.56. The Morgan fingerprint density at radius 3 is 2.76 bits per heavy atom.